The predicted octanol–water partition coefficient (Wildman–Crippen LogP) is 3.16. The number of hydrogen-bond donors (Lipinski definition) is 1. The molecule has 0 aliphatic heterocycles. The van der Waals surface area contributed by atoms with Gasteiger partial charge in [0, 0.05) is 12.1 Å². The van der Waals surface area contributed by atoms with Crippen molar-refractivity contribution >= 4 is 6.09 Å². The zero-order valence-corrected chi connectivity index (χ0v) is 13.3. The van der Waals surface area contributed by atoms with Gasteiger partial charge in [0.1, 0.15) is 5.60 Å². The van der Waals surface area contributed by atoms with Crippen LogP contribution in [0.5, 0.6) is 0 Å². The molecular formula is C15H30N2O2. The summed E-state index contributed by atoms with van der Waals surface area (Å²) in [6.45, 7) is 9.87. The number of nitrogens with zero attached hydrogens (tertiary/aromatic N) is 1. The molecule has 0 radical (unpaired) electrons. The predicted molar refractivity (Wildman–Crippen MR) is 78.3 cm³/mol. The van der Waals surface area contributed by atoms with Crippen molar-refractivity contribution in [2.45, 2.75) is 84.0 Å². The molecule has 1 aliphatic rings. The lowest BCUT2D eigenvalue weighted by atomic mass is 9.89. The van der Waals surface area contributed by atoms with Crippen molar-refractivity contribution in [3.8, 4) is 0 Å². The number of ether oxygens (including phenoxy) is 1. The maximum Gasteiger partial charge on any atom is 0.410 e. The minimum atomic E-state index is -0.436. The monoisotopic (exact) mass is 270 g/mol. The van der Waals surface area contributed by atoms with Gasteiger partial charge >= 0.3 is 6.09 Å². The van der Waals surface area contributed by atoms with Gasteiger partial charge in [-0.2, -0.15) is 0 Å². The number of amides is 1. The molecule has 112 valence electrons. The molecule has 1 amide bonds. The summed E-state index contributed by atoms with van der Waals surface area (Å²) < 4.78 is 5.57. The Bertz CT molecular complexity index is 297. The summed E-state index contributed by atoms with van der Waals surface area (Å²) in [7, 11) is 1.98. The topological polar surface area (TPSA) is 41.6 Å². The lowest BCUT2D eigenvalue weighted by Gasteiger charge is -2.42. The van der Waals surface area contributed by atoms with Crippen molar-refractivity contribution in [3.05, 3.63) is 0 Å². The summed E-state index contributed by atoms with van der Waals surface area (Å²) in [5, 5.41) is 3.36. The molecule has 0 aromatic rings. The fraction of sp³-hybridized carbons (Fsp3) is 0.933. The van der Waals surface area contributed by atoms with E-state index in [1.165, 1.54) is 12.8 Å². The molecule has 0 spiro atoms. The van der Waals surface area contributed by atoms with E-state index < -0.39 is 5.60 Å². The van der Waals surface area contributed by atoms with Crippen LogP contribution in [-0.2, 0) is 4.74 Å². The summed E-state index contributed by atoms with van der Waals surface area (Å²) in [4.78, 5) is 14.4. The molecular weight excluding hydrogens is 240 g/mol. The zero-order chi connectivity index (χ0) is 14.6. The van der Waals surface area contributed by atoms with E-state index in [0.29, 0.717) is 6.04 Å². The molecule has 1 fully saturated rings. The molecule has 0 aromatic heterocycles. The number of hydrogen-bond acceptors (Lipinski definition) is 3. The molecule has 4 heteroatoms. The van der Waals surface area contributed by atoms with Gasteiger partial charge in [-0.1, -0.05) is 12.8 Å². The average Bonchev–Trinajstić information content (AvgIpc) is 2.26. The van der Waals surface area contributed by atoms with Crippen LogP contribution in [-0.4, -0.2) is 41.8 Å². The van der Waals surface area contributed by atoms with Crippen LogP contribution in [0, 0.1) is 0 Å². The average molecular weight is 270 g/mol. The maximum atomic E-state index is 12.4. The number of rotatable bonds is 3. The Labute approximate surface area is 117 Å². The Balaban J connectivity index is 2.83. The van der Waals surface area contributed by atoms with Crippen LogP contribution in [0.25, 0.3) is 0 Å². The summed E-state index contributed by atoms with van der Waals surface area (Å²) in [5.41, 5.74) is -0.436. The van der Waals surface area contributed by atoms with E-state index in [0.717, 1.165) is 12.8 Å². The third-order valence-corrected chi connectivity index (χ3v) is 3.62. The Morgan fingerprint density at radius 3 is 2.32 bits per heavy atom. The van der Waals surface area contributed by atoms with E-state index in [2.05, 4.69) is 19.2 Å². The van der Waals surface area contributed by atoms with Gasteiger partial charge in [0.05, 0.1) is 6.04 Å². The minimum Gasteiger partial charge on any atom is -0.444 e. The van der Waals surface area contributed by atoms with Gasteiger partial charge < -0.3 is 15.0 Å². The Morgan fingerprint density at radius 2 is 1.84 bits per heavy atom. The van der Waals surface area contributed by atoms with Crippen LogP contribution in [0.1, 0.15) is 60.3 Å². The smallest absolute Gasteiger partial charge is 0.410 e. The van der Waals surface area contributed by atoms with E-state index in [4.69, 9.17) is 4.74 Å². The first-order valence-corrected chi connectivity index (χ1v) is 7.45. The molecule has 4 nitrogen and oxygen atoms in total. The second-order valence-corrected chi connectivity index (χ2v) is 6.73. The molecule has 1 N–H and O–H groups in total. The van der Waals surface area contributed by atoms with Gasteiger partial charge in [0.15, 0.2) is 0 Å². The first kappa shape index (κ1) is 16.3. The lowest BCUT2D eigenvalue weighted by Crippen LogP contribution is -2.56. The van der Waals surface area contributed by atoms with Crippen LogP contribution in [0.15, 0.2) is 0 Å². The van der Waals surface area contributed by atoms with Gasteiger partial charge in [0.2, 0.25) is 0 Å². The Morgan fingerprint density at radius 1 is 1.26 bits per heavy atom. The third-order valence-electron chi connectivity index (χ3n) is 3.62. The SMILES string of the molecule is CN[C@@H]1CCCC[C@@H]1N(C(=O)OC(C)(C)C)C(C)C. The van der Waals surface area contributed by atoms with Gasteiger partial charge in [-0.15, -0.1) is 0 Å². The Hall–Kier alpha value is -0.770. The number of carbonyl (C=O) groups excluding carboxylic acids is 1. The zero-order valence-electron chi connectivity index (χ0n) is 13.3. The molecule has 0 bridgehead atoms. The first-order valence-electron chi connectivity index (χ1n) is 7.45. The molecule has 2 atom stereocenters. The molecule has 0 heterocycles. The van der Waals surface area contributed by atoms with E-state index in [-0.39, 0.29) is 18.2 Å². The molecule has 1 saturated carbocycles. The quantitative estimate of drug-likeness (QED) is 0.856. The highest BCUT2D eigenvalue weighted by Crippen LogP contribution is 2.26. The van der Waals surface area contributed by atoms with E-state index in [1.54, 1.807) is 0 Å². The summed E-state index contributed by atoms with van der Waals surface area (Å²) in [6, 6.07) is 0.783. The van der Waals surface area contributed by atoms with E-state index in [9.17, 15) is 4.79 Å². The minimum absolute atomic E-state index is 0.161. The molecule has 1 rings (SSSR count). The summed E-state index contributed by atoms with van der Waals surface area (Å²) in [6.07, 6.45) is 4.43. The normalized spacial score (nSPS) is 24.4. The van der Waals surface area contributed by atoms with Crippen LogP contribution >= 0.6 is 0 Å². The maximum absolute atomic E-state index is 12.4. The van der Waals surface area contributed by atoms with Crippen LogP contribution in [0.4, 0.5) is 4.79 Å². The van der Waals surface area contributed by atoms with Crippen LogP contribution in [0.2, 0.25) is 0 Å². The van der Waals surface area contributed by atoms with Gasteiger partial charge in [-0.25, -0.2) is 4.79 Å². The molecule has 1 aliphatic carbocycles. The number of nitrogens with one attached hydrogen (secondary N) is 1. The number of likely N-dealkylation sites (N-methyl/N-ethyl adjacent to an activating group) is 1. The fourth-order valence-corrected chi connectivity index (χ4v) is 2.82. The fourth-order valence-electron chi connectivity index (χ4n) is 2.82. The number of carbonyl (C=O) groups is 1. The molecule has 19 heavy (non-hydrogen) atoms. The van der Waals surface area contributed by atoms with Gasteiger partial charge in [-0.3, -0.25) is 0 Å². The molecule has 0 unspecified atom stereocenters. The molecule has 0 aromatic carbocycles. The second-order valence-electron chi connectivity index (χ2n) is 6.73. The highest BCUT2D eigenvalue weighted by molar-refractivity contribution is 5.69. The van der Waals surface area contributed by atoms with Crippen molar-refractivity contribution in [2.75, 3.05) is 7.05 Å². The van der Waals surface area contributed by atoms with Crippen LogP contribution in [0.3, 0.4) is 0 Å². The van der Waals surface area contributed by atoms with Crippen molar-refractivity contribution < 1.29 is 9.53 Å². The van der Waals surface area contributed by atoms with Crippen molar-refractivity contribution in [1.29, 1.82) is 0 Å². The standard InChI is InChI=1S/C15H30N2O2/c1-11(2)17(14(18)19-15(3,4)5)13-10-8-7-9-12(13)16-6/h11-13,16H,7-10H2,1-6H3/t12-,13+/m1/s1. The second kappa shape index (κ2) is 6.60. The van der Waals surface area contributed by atoms with Gasteiger partial charge in [-0.05, 0) is 54.5 Å². The lowest BCUT2D eigenvalue weighted by molar-refractivity contribution is -0.000496. The van der Waals surface area contributed by atoms with Crippen molar-refractivity contribution in [3.63, 3.8) is 0 Å². The highest BCUT2D eigenvalue weighted by Gasteiger charge is 2.35. The van der Waals surface area contributed by atoms with E-state index >= 15 is 0 Å². The molecule has 0 saturated heterocycles. The first-order chi connectivity index (χ1) is 8.76. The van der Waals surface area contributed by atoms with E-state index in [1.807, 2.05) is 32.7 Å². The van der Waals surface area contributed by atoms with Crippen molar-refractivity contribution in [2.24, 2.45) is 0 Å². The van der Waals surface area contributed by atoms with Crippen LogP contribution < -0.4 is 5.32 Å². The largest absolute Gasteiger partial charge is 0.444 e. The third kappa shape index (κ3) is 4.68. The summed E-state index contributed by atoms with van der Waals surface area (Å²) in [5.74, 6) is 0. The Kier molecular flexibility index (Phi) is 5.65. The highest BCUT2D eigenvalue weighted by atomic mass is 16.6. The summed E-state index contributed by atoms with van der Waals surface area (Å²) >= 11 is 0. The van der Waals surface area contributed by atoms with Gasteiger partial charge in [0.25, 0.3) is 0 Å². The van der Waals surface area contributed by atoms with Crippen molar-refractivity contribution in [1.82, 2.24) is 10.2 Å².